The Bertz CT molecular complexity index is 477. The van der Waals surface area contributed by atoms with Gasteiger partial charge in [0.2, 0.25) is 0 Å². The van der Waals surface area contributed by atoms with Crippen molar-refractivity contribution >= 4 is 31.9 Å². The highest BCUT2D eigenvalue weighted by molar-refractivity contribution is 9.13. The second-order valence-electron chi connectivity index (χ2n) is 4.07. The molecule has 0 amide bonds. The molecule has 1 atom stereocenters. The summed E-state index contributed by atoms with van der Waals surface area (Å²) in [6.07, 6.45) is 3.40. The van der Waals surface area contributed by atoms with E-state index in [0.29, 0.717) is 11.2 Å². The van der Waals surface area contributed by atoms with Crippen molar-refractivity contribution < 1.29 is 8.83 Å². The fourth-order valence-electron chi connectivity index (χ4n) is 1.82. The molecule has 6 heteroatoms. The largest absolute Gasteiger partial charge is 0.472 e. The second kappa shape index (κ2) is 6.06. The standard InChI is InChI=1S/C12H14Br2N2O2/c1-16(6-8-2-3-17-7-8)10(5-15)11-4-9(13)12(14)18-11/h2-4,7,10H,5-6,15H2,1H3. The molecule has 2 aromatic rings. The lowest BCUT2D eigenvalue weighted by atomic mass is 10.2. The molecule has 2 heterocycles. The Morgan fingerprint density at radius 2 is 2.22 bits per heavy atom. The molecule has 0 bridgehead atoms. The molecule has 0 aromatic carbocycles. The van der Waals surface area contributed by atoms with Crippen LogP contribution in [-0.4, -0.2) is 18.5 Å². The fraction of sp³-hybridized carbons (Fsp3) is 0.333. The van der Waals surface area contributed by atoms with Gasteiger partial charge in [-0.1, -0.05) is 0 Å². The minimum Gasteiger partial charge on any atom is -0.472 e. The van der Waals surface area contributed by atoms with Gasteiger partial charge in [0.05, 0.1) is 23.0 Å². The van der Waals surface area contributed by atoms with Crippen molar-refractivity contribution in [2.75, 3.05) is 13.6 Å². The smallest absolute Gasteiger partial charge is 0.183 e. The number of hydrogen-bond donors (Lipinski definition) is 1. The Morgan fingerprint density at radius 1 is 1.44 bits per heavy atom. The van der Waals surface area contributed by atoms with E-state index in [1.165, 1.54) is 0 Å². The van der Waals surface area contributed by atoms with Crippen LogP contribution in [0.4, 0.5) is 0 Å². The first-order valence-electron chi connectivity index (χ1n) is 5.48. The Labute approximate surface area is 122 Å². The zero-order valence-corrected chi connectivity index (χ0v) is 13.1. The molecule has 0 saturated heterocycles. The highest BCUT2D eigenvalue weighted by atomic mass is 79.9. The van der Waals surface area contributed by atoms with Gasteiger partial charge in [0.1, 0.15) is 5.76 Å². The van der Waals surface area contributed by atoms with Crippen molar-refractivity contribution in [2.24, 2.45) is 5.73 Å². The second-order valence-corrected chi connectivity index (χ2v) is 5.64. The summed E-state index contributed by atoms with van der Waals surface area (Å²) < 4.78 is 12.3. The van der Waals surface area contributed by atoms with Crippen LogP contribution in [0.25, 0.3) is 0 Å². The summed E-state index contributed by atoms with van der Waals surface area (Å²) in [6.45, 7) is 1.25. The summed E-state index contributed by atoms with van der Waals surface area (Å²) in [7, 11) is 2.01. The van der Waals surface area contributed by atoms with Crippen LogP contribution < -0.4 is 5.73 Å². The summed E-state index contributed by atoms with van der Waals surface area (Å²) >= 11 is 6.74. The van der Waals surface area contributed by atoms with E-state index in [-0.39, 0.29) is 6.04 Å². The molecular weight excluding hydrogens is 364 g/mol. The average Bonchev–Trinajstić information content (AvgIpc) is 2.92. The third kappa shape index (κ3) is 3.06. The number of nitrogens with zero attached hydrogens (tertiary/aromatic N) is 1. The third-order valence-electron chi connectivity index (χ3n) is 2.76. The van der Waals surface area contributed by atoms with Gasteiger partial charge in [-0.2, -0.15) is 0 Å². The normalized spacial score (nSPS) is 13.2. The molecule has 0 saturated carbocycles. The number of likely N-dealkylation sites (N-methyl/N-ethyl adjacent to an activating group) is 1. The molecule has 2 aromatic heterocycles. The Balaban J connectivity index is 2.12. The van der Waals surface area contributed by atoms with Crippen LogP contribution in [0.15, 0.2) is 42.6 Å². The van der Waals surface area contributed by atoms with Crippen LogP contribution in [0.2, 0.25) is 0 Å². The van der Waals surface area contributed by atoms with E-state index in [0.717, 1.165) is 22.3 Å². The molecule has 0 aliphatic heterocycles. The maximum Gasteiger partial charge on any atom is 0.183 e. The van der Waals surface area contributed by atoms with Gasteiger partial charge in [0.15, 0.2) is 4.67 Å². The van der Waals surface area contributed by atoms with Gasteiger partial charge < -0.3 is 14.6 Å². The molecule has 18 heavy (non-hydrogen) atoms. The highest BCUT2D eigenvalue weighted by Crippen LogP contribution is 2.31. The minimum absolute atomic E-state index is 0.0301. The molecule has 4 nitrogen and oxygen atoms in total. The fourth-order valence-corrected chi connectivity index (χ4v) is 2.43. The van der Waals surface area contributed by atoms with E-state index >= 15 is 0 Å². The third-order valence-corrected chi connectivity index (χ3v) is 4.47. The Morgan fingerprint density at radius 3 is 2.72 bits per heavy atom. The lowest BCUT2D eigenvalue weighted by Gasteiger charge is -2.24. The number of hydrogen-bond acceptors (Lipinski definition) is 4. The van der Waals surface area contributed by atoms with E-state index < -0.39 is 0 Å². The van der Waals surface area contributed by atoms with Gasteiger partial charge in [0.25, 0.3) is 0 Å². The van der Waals surface area contributed by atoms with Crippen LogP contribution in [0.3, 0.4) is 0 Å². The van der Waals surface area contributed by atoms with Gasteiger partial charge in [-0.3, -0.25) is 4.90 Å². The van der Waals surface area contributed by atoms with Gasteiger partial charge in [-0.05, 0) is 51.0 Å². The minimum atomic E-state index is 0.0301. The van der Waals surface area contributed by atoms with Crippen molar-refractivity contribution in [3.8, 4) is 0 Å². The SMILES string of the molecule is CN(Cc1ccoc1)C(CN)c1cc(Br)c(Br)o1. The number of nitrogens with two attached hydrogens (primary N) is 1. The van der Waals surface area contributed by atoms with E-state index in [4.69, 9.17) is 14.6 Å². The van der Waals surface area contributed by atoms with Crippen molar-refractivity contribution in [1.82, 2.24) is 4.90 Å². The number of halogens is 2. The molecule has 2 N–H and O–H groups in total. The molecule has 0 spiro atoms. The zero-order valence-electron chi connectivity index (χ0n) is 9.90. The Hall–Kier alpha value is -0.560. The van der Waals surface area contributed by atoms with Gasteiger partial charge >= 0.3 is 0 Å². The lowest BCUT2D eigenvalue weighted by Crippen LogP contribution is -2.29. The first-order chi connectivity index (χ1) is 8.61. The molecular formula is C12H14Br2N2O2. The van der Waals surface area contributed by atoms with Crippen LogP contribution in [0.1, 0.15) is 17.4 Å². The summed E-state index contributed by atoms with van der Waals surface area (Å²) in [5.74, 6) is 0.835. The van der Waals surface area contributed by atoms with Crippen molar-refractivity contribution in [3.63, 3.8) is 0 Å². The number of rotatable bonds is 5. The van der Waals surface area contributed by atoms with E-state index in [1.807, 2.05) is 19.2 Å². The quantitative estimate of drug-likeness (QED) is 0.865. The average molecular weight is 378 g/mol. The van der Waals surface area contributed by atoms with Crippen LogP contribution in [0, 0.1) is 0 Å². The van der Waals surface area contributed by atoms with Gasteiger partial charge in [0, 0.05) is 18.7 Å². The van der Waals surface area contributed by atoms with Crippen LogP contribution in [-0.2, 0) is 6.54 Å². The van der Waals surface area contributed by atoms with Crippen molar-refractivity contribution in [2.45, 2.75) is 12.6 Å². The number of furan rings is 2. The lowest BCUT2D eigenvalue weighted by molar-refractivity contribution is 0.210. The maximum atomic E-state index is 5.84. The first-order valence-corrected chi connectivity index (χ1v) is 7.06. The van der Waals surface area contributed by atoms with Crippen molar-refractivity contribution in [3.05, 3.63) is 45.1 Å². The maximum absolute atomic E-state index is 5.84. The van der Waals surface area contributed by atoms with Crippen LogP contribution >= 0.6 is 31.9 Å². The molecule has 1 unspecified atom stereocenters. The molecule has 0 aliphatic rings. The molecule has 2 rings (SSSR count). The first kappa shape index (κ1) is 13.9. The zero-order chi connectivity index (χ0) is 13.1. The van der Waals surface area contributed by atoms with Gasteiger partial charge in [-0.25, -0.2) is 0 Å². The van der Waals surface area contributed by atoms with E-state index in [9.17, 15) is 0 Å². The van der Waals surface area contributed by atoms with Crippen molar-refractivity contribution in [1.29, 1.82) is 0 Å². The molecule has 98 valence electrons. The van der Waals surface area contributed by atoms with Gasteiger partial charge in [-0.15, -0.1) is 0 Å². The van der Waals surface area contributed by atoms with E-state index in [1.54, 1.807) is 12.5 Å². The summed E-state index contributed by atoms with van der Waals surface area (Å²) in [5, 5.41) is 0. The summed E-state index contributed by atoms with van der Waals surface area (Å²) in [5.41, 5.74) is 6.95. The Kier molecular flexibility index (Phi) is 4.66. The molecule has 0 radical (unpaired) electrons. The summed E-state index contributed by atoms with van der Waals surface area (Å²) in [6, 6.07) is 3.91. The summed E-state index contributed by atoms with van der Waals surface area (Å²) in [4.78, 5) is 2.13. The monoisotopic (exact) mass is 376 g/mol. The molecule has 0 aliphatic carbocycles. The highest BCUT2D eigenvalue weighted by Gasteiger charge is 2.21. The topological polar surface area (TPSA) is 55.5 Å². The molecule has 0 fully saturated rings. The van der Waals surface area contributed by atoms with E-state index in [2.05, 4.69) is 36.8 Å². The van der Waals surface area contributed by atoms with Crippen LogP contribution in [0.5, 0.6) is 0 Å². The predicted octanol–water partition coefficient (Wildman–Crippen LogP) is 3.53. The predicted molar refractivity (Wildman–Crippen MR) is 76.1 cm³/mol.